The van der Waals surface area contributed by atoms with E-state index in [0.717, 1.165) is 0 Å². The van der Waals surface area contributed by atoms with Crippen LogP contribution in [-0.2, 0) is 14.8 Å². The van der Waals surface area contributed by atoms with Crippen molar-refractivity contribution in [3.05, 3.63) is 52.3 Å². The number of aromatic nitrogens is 1. The predicted molar refractivity (Wildman–Crippen MR) is 100 cm³/mol. The third-order valence-corrected chi connectivity index (χ3v) is 5.36. The quantitative estimate of drug-likeness (QED) is 0.674. The van der Waals surface area contributed by atoms with Crippen LogP contribution in [0.25, 0.3) is 0 Å². The number of carbonyl (C=O) groups is 1. The maximum atomic E-state index is 12.3. The first-order chi connectivity index (χ1) is 12.2. The van der Waals surface area contributed by atoms with E-state index in [1.807, 2.05) is 0 Å². The Balaban J connectivity index is 2.10. The molecular formula is C16H17Cl2N3O4S. The Hall–Kier alpha value is -1.71. The molecule has 0 fully saturated rings. The second-order valence-corrected chi connectivity index (χ2v) is 7.89. The van der Waals surface area contributed by atoms with Crippen LogP contribution in [0.1, 0.15) is 17.3 Å². The van der Waals surface area contributed by atoms with E-state index >= 15 is 0 Å². The molecule has 2 rings (SSSR count). The van der Waals surface area contributed by atoms with E-state index in [-0.39, 0.29) is 33.4 Å². The first-order valence-electron chi connectivity index (χ1n) is 7.47. The van der Waals surface area contributed by atoms with Crippen molar-refractivity contribution < 1.29 is 17.9 Å². The largest absolute Gasteiger partial charge is 0.383 e. The normalized spacial score (nSPS) is 12.6. The Morgan fingerprint density at radius 3 is 2.42 bits per heavy atom. The number of pyridine rings is 1. The molecule has 1 unspecified atom stereocenters. The molecule has 2 N–H and O–H groups in total. The Bertz CT molecular complexity index is 889. The third-order valence-electron chi connectivity index (χ3n) is 3.25. The number of ether oxygens (including phenoxy) is 1. The summed E-state index contributed by atoms with van der Waals surface area (Å²) < 4.78 is 31.9. The van der Waals surface area contributed by atoms with Crippen LogP contribution in [0.15, 0.2) is 41.3 Å². The van der Waals surface area contributed by atoms with Crippen LogP contribution in [0.3, 0.4) is 0 Å². The number of halogens is 2. The number of hydrogen-bond acceptors (Lipinski definition) is 5. The number of benzene rings is 1. The maximum Gasteiger partial charge on any atom is 0.258 e. The van der Waals surface area contributed by atoms with E-state index in [0.29, 0.717) is 5.69 Å². The van der Waals surface area contributed by atoms with E-state index in [4.69, 9.17) is 27.9 Å². The number of hydrogen-bond donors (Lipinski definition) is 2. The first-order valence-corrected chi connectivity index (χ1v) is 9.71. The standard InChI is InChI=1S/C16H17Cl2N3O4S/c1-10(9-25-2)21-26(23,24)12-5-3-11(4-6-12)19-16(22)13-7-8-14(17)20-15(13)18/h3-8,10,21H,9H2,1-2H3,(H,19,22). The van der Waals surface area contributed by atoms with E-state index in [2.05, 4.69) is 15.0 Å². The smallest absolute Gasteiger partial charge is 0.258 e. The van der Waals surface area contributed by atoms with Gasteiger partial charge in [-0.05, 0) is 43.3 Å². The second-order valence-electron chi connectivity index (χ2n) is 5.43. The van der Waals surface area contributed by atoms with Gasteiger partial charge in [0, 0.05) is 18.8 Å². The van der Waals surface area contributed by atoms with Crippen LogP contribution in [-0.4, -0.2) is 39.1 Å². The summed E-state index contributed by atoms with van der Waals surface area (Å²) >= 11 is 11.6. The molecule has 1 atom stereocenters. The van der Waals surface area contributed by atoms with Gasteiger partial charge in [0.2, 0.25) is 10.0 Å². The molecule has 140 valence electrons. The van der Waals surface area contributed by atoms with E-state index in [1.165, 1.54) is 43.5 Å². The van der Waals surface area contributed by atoms with Crippen LogP contribution >= 0.6 is 23.2 Å². The fourth-order valence-corrected chi connectivity index (χ4v) is 3.77. The minimum absolute atomic E-state index is 0.0227. The molecule has 0 spiro atoms. The van der Waals surface area contributed by atoms with Gasteiger partial charge in [0.25, 0.3) is 5.91 Å². The molecule has 26 heavy (non-hydrogen) atoms. The van der Waals surface area contributed by atoms with Crippen molar-refractivity contribution in [2.75, 3.05) is 19.0 Å². The Kier molecular flexibility index (Phi) is 6.96. The lowest BCUT2D eigenvalue weighted by Crippen LogP contribution is -2.35. The molecule has 1 heterocycles. The van der Waals surface area contributed by atoms with Crippen molar-refractivity contribution in [1.29, 1.82) is 0 Å². The fourth-order valence-electron chi connectivity index (χ4n) is 2.11. The number of methoxy groups -OCH3 is 1. The summed E-state index contributed by atoms with van der Waals surface area (Å²) in [4.78, 5) is 16.1. The van der Waals surface area contributed by atoms with Crippen molar-refractivity contribution in [2.24, 2.45) is 0 Å². The predicted octanol–water partition coefficient (Wildman–Crippen LogP) is 2.95. The summed E-state index contributed by atoms with van der Waals surface area (Å²) in [6.45, 7) is 1.95. The summed E-state index contributed by atoms with van der Waals surface area (Å²) in [5.41, 5.74) is 0.563. The number of nitrogens with zero attached hydrogens (tertiary/aromatic N) is 1. The van der Waals surface area contributed by atoms with Gasteiger partial charge < -0.3 is 10.1 Å². The number of anilines is 1. The van der Waals surface area contributed by atoms with Gasteiger partial charge in [0.05, 0.1) is 17.1 Å². The molecule has 0 aliphatic heterocycles. The SMILES string of the molecule is COCC(C)NS(=O)(=O)c1ccc(NC(=O)c2ccc(Cl)nc2Cl)cc1. The van der Waals surface area contributed by atoms with Gasteiger partial charge in [-0.1, -0.05) is 23.2 Å². The number of nitrogens with one attached hydrogen (secondary N) is 2. The molecule has 0 radical (unpaired) electrons. The molecule has 0 saturated heterocycles. The summed E-state index contributed by atoms with van der Waals surface area (Å²) in [7, 11) is -2.19. The topological polar surface area (TPSA) is 97.4 Å². The zero-order valence-electron chi connectivity index (χ0n) is 14.0. The monoisotopic (exact) mass is 417 g/mol. The van der Waals surface area contributed by atoms with Crippen LogP contribution in [0, 0.1) is 0 Å². The highest BCUT2D eigenvalue weighted by atomic mass is 35.5. The number of carbonyl (C=O) groups excluding carboxylic acids is 1. The average Bonchev–Trinajstić information content (AvgIpc) is 2.54. The van der Waals surface area contributed by atoms with Gasteiger partial charge in [0.1, 0.15) is 10.3 Å². The van der Waals surface area contributed by atoms with Gasteiger partial charge in [0.15, 0.2) is 0 Å². The molecule has 0 aliphatic rings. The number of sulfonamides is 1. The van der Waals surface area contributed by atoms with E-state index in [1.54, 1.807) is 6.92 Å². The summed E-state index contributed by atoms with van der Waals surface area (Å²) in [6.07, 6.45) is 0. The van der Waals surface area contributed by atoms with E-state index < -0.39 is 15.9 Å². The lowest BCUT2D eigenvalue weighted by atomic mass is 10.2. The van der Waals surface area contributed by atoms with Crippen molar-refractivity contribution in [1.82, 2.24) is 9.71 Å². The first kappa shape index (κ1) is 20.6. The van der Waals surface area contributed by atoms with Crippen LogP contribution in [0.2, 0.25) is 10.3 Å². The van der Waals surface area contributed by atoms with Gasteiger partial charge in [-0.25, -0.2) is 18.1 Å². The highest BCUT2D eigenvalue weighted by molar-refractivity contribution is 7.89. The number of amides is 1. The molecule has 7 nitrogen and oxygen atoms in total. The molecule has 2 aromatic rings. The van der Waals surface area contributed by atoms with Crippen LogP contribution < -0.4 is 10.0 Å². The van der Waals surface area contributed by atoms with Crippen LogP contribution in [0.5, 0.6) is 0 Å². The fraction of sp³-hybridized carbons (Fsp3) is 0.250. The molecular weight excluding hydrogens is 401 g/mol. The summed E-state index contributed by atoms with van der Waals surface area (Å²) in [5, 5.41) is 2.77. The Morgan fingerprint density at radius 1 is 1.19 bits per heavy atom. The average molecular weight is 418 g/mol. The maximum absolute atomic E-state index is 12.3. The number of rotatable bonds is 7. The van der Waals surface area contributed by atoms with Gasteiger partial charge >= 0.3 is 0 Å². The van der Waals surface area contributed by atoms with Crippen molar-refractivity contribution in [3.8, 4) is 0 Å². The van der Waals surface area contributed by atoms with Gasteiger partial charge in [-0.15, -0.1) is 0 Å². The molecule has 0 aliphatic carbocycles. The van der Waals surface area contributed by atoms with Crippen LogP contribution in [0.4, 0.5) is 5.69 Å². The lowest BCUT2D eigenvalue weighted by molar-refractivity contribution is 0.102. The molecule has 1 amide bonds. The van der Waals surface area contributed by atoms with Gasteiger partial charge in [-0.2, -0.15) is 0 Å². The minimum atomic E-state index is -3.68. The lowest BCUT2D eigenvalue weighted by Gasteiger charge is -2.13. The minimum Gasteiger partial charge on any atom is -0.383 e. The molecule has 1 aromatic heterocycles. The molecule has 0 bridgehead atoms. The summed E-state index contributed by atoms with van der Waals surface area (Å²) in [6, 6.07) is 8.26. The molecule has 0 saturated carbocycles. The van der Waals surface area contributed by atoms with E-state index in [9.17, 15) is 13.2 Å². The van der Waals surface area contributed by atoms with Crippen molar-refractivity contribution >= 4 is 44.8 Å². The van der Waals surface area contributed by atoms with Crippen molar-refractivity contribution in [3.63, 3.8) is 0 Å². The Labute approximate surface area is 161 Å². The zero-order chi connectivity index (χ0) is 19.3. The zero-order valence-corrected chi connectivity index (χ0v) is 16.3. The molecule has 1 aromatic carbocycles. The highest BCUT2D eigenvalue weighted by Gasteiger charge is 2.18. The molecule has 10 heteroatoms. The summed E-state index contributed by atoms with van der Waals surface area (Å²) in [5.74, 6) is -0.485. The van der Waals surface area contributed by atoms with Crippen molar-refractivity contribution in [2.45, 2.75) is 17.9 Å². The highest BCUT2D eigenvalue weighted by Crippen LogP contribution is 2.19. The van der Waals surface area contributed by atoms with Gasteiger partial charge in [-0.3, -0.25) is 4.79 Å². The second kappa shape index (κ2) is 8.79. The third kappa shape index (κ3) is 5.39. The Morgan fingerprint density at radius 2 is 1.85 bits per heavy atom.